The van der Waals surface area contributed by atoms with Crippen molar-refractivity contribution in [2.24, 2.45) is 4.99 Å². The van der Waals surface area contributed by atoms with Crippen molar-refractivity contribution in [1.29, 1.82) is 0 Å². The molecule has 3 rings (SSSR count). The maximum atomic E-state index is 11.3. The van der Waals surface area contributed by atoms with Crippen molar-refractivity contribution < 1.29 is 14.9 Å². The summed E-state index contributed by atoms with van der Waals surface area (Å²) in [6.07, 6.45) is 0. The first-order valence-corrected chi connectivity index (χ1v) is 7.38. The lowest BCUT2D eigenvalue weighted by Crippen LogP contribution is -2.22. The molecule has 0 saturated carbocycles. The van der Waals surface area contributed by atoms with Gasteiger partial charge in [0.05, 0.1) is 17.9 Å². The van der Waals surface area contributed by atoms with Crippen LogP contribution in [0.2, 0.25) is 5.02 Å². The molecule has 2 aromatic carbocycles. The van der Waals surface area contributed by atoms with Crippen LogP contribution in [0.3, 0.4) is 0 Å². The first-order chi connectivity index (χ1) is 12.0. The zero-order chi connectivity index (χ0) is 18.0. The molecule has 0 aliphatic carbocycles. The summed E-state index contributed by atoms with van der Waals surface area (Å²) < 4.78 is 5.05. The SMILES string of the molecule is COc1ccc(-n2nc([N+](=O)[O-])c(=Nc3ccc(Cl)cc3)n2O)cc1. The minimum absolute atomic E-state index is 0.317. The summed E-state index contributed by atoms with van der Waals surface area (Å²) in [6.45, 7) is 0. The molecule has 0 radical (unpaired) electrons. The molecule has 0 unspecified atom stereocenters. The van der Waals surface area contributed by atoms with Crippen LogP contribution >= 0.6 is 11.6 Å². The van der Waals surface area contributed by atoms with Crippen molar-refractivity contribution in [3.05, 3.63) is 69.2 Å². The van der Waals surface area contributed by atoms with E-state index in [1.165, 1.54) is 7.11 Å². The van der Waals surface area contributed by atoms with E-state index >= 15 is 0 Å². The molecular weight excluding hydrogens is 350 g/mol. The second-order valence-electron chi connectivity index (χ2n) is 4.87. The fraction of sp³-hybridized carbons (Fsp3) is 0.0667. The third-order valence-corrected chi connectivity index (χ3v) is 3.55. The second kappa shape index (κ2) is 6.65. The quantitative estimate of drug-likeness (QED) is 0.436. The lowest BCUT2D eigenvalue weighted by atomic mass is 10.3. The van der Waals surface area contributed by atoms with E-state index in [0.29, 0.717) is 27.0 Å². The second-order valence-corrected chi connectivity index (χ2v) is 5.31. The van der Waals surface area contributed by atoms with Gasteiger partial charge in [-0.2, -0.15) is 0 Å². The van der Waals surface area contributed by atoms with Gasteiger partial charge in [0.15, 0.2) is 0 Å². The lowest BCUT2D eigenvalue weighted by molar-refractivity contribution is -0.391. The Morgan fingerprint density at radius 1 is 1.20 bits per heavy atom. The van der Waals surface area contributed by atoms with Crippen molar-refractivity contribution in [2.75, 3.05) is 7.11 Å². The molecule has 3 aromatic rings. The standard InChI is InChI=1S/C15H12ClN5O4/c1-25-13-8-6-12(7-9-13)19-18-15(21(23)24)14(20(19)22)17-11-4-2-10(16)3-5-11/h2-9,22H,1H3. The van der Waals surface area contributed by atoms with Crippen LogP contribution in [0.5, 0.6) is 5.75 Å². The zero-order valence-electron chi connectivity index (χ0n) is 12.9. The van der Waals surface area contributed by atoms with E-state index < -0.39 is 10.7 Å². The maximum Gasteiger partial charge on any atom is 0.438 e. The molecule has 1 heterocycles. The Morgan fingerprint density at radius 3 is 2.40 bits per heavy atom. The van der Waals surface area contributed by atoms with Crippen LogP contribution in [0.1, 0.15) is 0 Å². The average Bonchev–Trinajstić information content (AvgIpc) is 2.94. The molecular formula is C15H12ClN5O4. The third-order valence-electron chi connectivity index (χ3n) is 3.30. The van der Waals surface area contributed by atoms with E-state index in [9.17, 15) is 15.3 Å². The predicted molar refractivity (Wildman–Crippen MR) is 88.6 cm³/mol. The van der Waals surface area contributed by atoms with Gasteiger partial charge in [-0.05, 0) is 58.3 Å². The molecule has 10 heteroatoms. The number of methoxy groups -OCH3 is 1. The monoisotopic (exact) mass is 361 g/mol. The fourth-order valence-corrected chi connectivity index (χ4v) is 2.22. The molecule has 0 fully saturated rings. The maximum absolute atomic E-state index is 11.3. The van der Waals surface area contributed by atoms with E-state index in [1.807, 2.05) is 0 Å². The largest absolute Gasteiger partial charge is 0.497 e. The van der Waals surface area contributed by atoms with Crippen molar-refractivity contribution in [3.63, 3.8) is 0 Å². The van der Waals surface area contributed by atoms with Crippen molar-refractivity contribution >= 4 is 23.1 Å². The van der Waals surface area contributed by atoms with Crippen molar-refractivity contribution in [1.82, 2.24) is 14.7 Å². The highest BCUT2D eigenvalue weighted by atomic mass is 35.5. The van der Waals surface area contributed by atoms with E-state index in [4.69, 9.17) is 16.3 Å². The van der Waals surface area contributed by atoms with Crippen LogP contribution in [0.15, 0.2) is 53.5 Å². The van der Waals surface area contributed by atoms with E-state index in [0.717, 1.165) is 4.80 Å². The summed E-state index contributed by atoms with van der Waals surface area (Å²) in [5.74, 6) is 0.00855. The predicted octanol–water partition coefficient (Wildman–Crippen LogP) is 2.71. The number of benzene rings is 2. The molecule has 0 aliphatic heterocycles. The number of aromatic nitrogens is 3. The Kier molecular flexibility index (Phi) is 4.40. The van der Waals surface area contributed by atoms with Gasteiger partial charge in [0.1, 0.15) is 11.4 Å². The number of nitrogens with zero attached hydrogens (tertiary/aromatic N) is 5. The number of nitro groups is 1. The van der Waals surface area contributed by atoms with Crippen LogP contribution in [-0.4, -0.2) is 32.0 Å². The van der Waals surface area contributed by atoms with Crippen LogP contribution in [0.25, 0.3) is 5.69 Å². The van der Waals surface area contributed by atoms with Gasteiger partial charge in [-0.3, -0.25) is 0 Å². The molecule has 0 atom stereocenters. The number of ether oxygens (including phenoxy) is 1. The molecule has 25 heavy (non-hydrogen) atoms. The first-order valence-electron chi connectivity index (χ1n) is 7.00. The first kappa shape index (κ1) is 16.5. The Bertz CT molecular complexity index is 977. The highest BCUT2D eigenvalue weighted by Gasteiger charge is 2.24. The topological polar surface area (TPSA) is 108 Å². The number of hydrogen-bond donors (Lipinski definition) is 1. The summed E-state index contributed by atoms with van der Waals surface area (Å²) in [6, 6.07) is 12.8. The minimum atomic E-state index is -0.721. The Morgan fingerprint density at radius 2 is 1.84 bits per heavy atom. The van der Waals surface area contributed by atoms with Crippen LogP contribution in [0, 0.1) is 10.1 Å². The Labute approximate surface area is 146 Å². The molecule has 1 N–H and O–H groups in total. The zero-order valence-corrected chi connectivity index (χ0v) is 13.7. The Balaban J connectivity index is 2.16. The number of rotatable bonds is 4. The molecule has 0 saturated heterocycles. The smallest absolute Gasteiger partial charge is 0.438 e. The highest BCUT2D eigenvalue weighted by Crippen LogP contribution is 2.17. The van der Waals surface area contributed by atoms with E-state index in [-0.39, 0.29) is 5.49 Å². The highest BCUT2D eigenvalue weighted by molar-refractivity contribution is 6.30. The summed E-state index contributed by atoms with van der Waals surface area (Å²) in [4.78, 5) is 16.1. The van der Waals surface area contributed by atoms with Gasteiger partial charge in [0.25, 0.3) is 5.49 Å². The van der Waals surface area contributed by atoms with Gasteiger partial charge in [-0.1, -0.05) is 16.4 Å². The summed E-state index contributed by atoms with van der Waals surface area (Å²) in [7, 11) is 1.52. The van der Waals surface area contributed by atoms with Gasteiger partial charge in [-0.25, -0.2) is 4.99 Å². The van der Waals surface area contributed by atoms with Crippen LogP contribution in [-0.2, 0) is 0 Å². The fourth-order valence-electron chi connectivity index (χ4n) is 2.09. The molecule has 9 nitrogen and oxygen atoms in total. The molecule has 128 valence electrons. The summed E-state index contributed by atoms with van der Waals surface area (Å²) in [5, 5.41) is 25.9. The molecule has 0 aliphatic rings. The van der Waals surface area contributed by atoms with E-state index in [1.54, 1.807) is 48.5 Å². The minimum Gasteiger partial charge on any atom is -0.497 e. The number of halogens is 1. The average molecular weight is 362 g/mol. The summed E-state index contributed by atoms with van der Waals surface area (Å²) >= 11 is 5.81. The molecule has 0 spiro atoms. The molecule has 0 amide bonds. The van der Waals surface area contributed by atoms with Crippen molar-refractivity contribution in [3.8, 4) is 11.4 Å². The lowest BCUT2D eigenvalue weighted by Gasteiger charge is -2.02. The van der Waals surface area contributed by atoms with Gasteiger partial charge in [0, 0.05) is 5.02 Å². The van der Waals surface area contributed by atoms with Gasteiger partial charge >= 0.3 is 5.82 Å². The van der Waals surface area contributed by atoms with Crippen LogP contribution < -0.4 is 10.2 Å². The third kappa shape index (κ3) is 3.31. The summed E-state index contributed by atoms with van der Waals surface area (Å²) in [5.41, 5.74) is 0.455. The van der Waals surface area contributed by atoms with Gasteiger partial charge < -0.3 is 20.1 Å². The molecule has 0 bridgehead atoms. The van der Waals surface area contributed by atoms with Crippen LogP contribution in [0.4, 0.5) is 11.5 Å². The van der Waals surface area contributed by atoms with Gasteiger partial charge in [0.2, 0.25) is 0 Å². The molecule has 1 aromatic heterocycles. The van der Waals surface area contributed by atoms with Crippen molar-refractivity contribution in [2.45, 2.75) is 0 Å². The van der Waals surface area contributed by atoms with Gasteiger partial charge in [-0.15, -0.1) is 0 Å². The number of hydrogen-bond acceptors (Lipinski definition) is 6. The Hall–Kier alpha value is -3.33. The van der Waals surface area contributed by atoms with E-state index in [2.05, 4.69) is 10.1 Å². The normalized spacial score (nSPS) is 11.5.